The van der Waals surface area contributed by atoms with Gasteiger partial charge >= 0.3 is 0 Å². The average molecular weight is 302 g/mol. The summed E-state index contributed by atoms with van der Waals surface area (Å²) in [5.74, 6) is 0. The Morgan fingerprint density at radius 3 is 1.57 bits per heavy atom. The number of piperazine rings is 1. The van der Waals surface area contributed by atoms with E-state index in [9.17, 15) is 0 Å². The summed E-state index contributed by atoms with van der Waals surface area (Å²) >= 11 is 0. The van der Waals surface area contributed by atoms with E-state index in [-0.39, 0.29) is 0 Å². The normalized spacial score (nSPS) is 30.4. The van der Waals surface area contributed by atoms with Crippen LogP contribution in [0.3, 0.4) is 0 Å². The zero-order chi connectivity index (χ0) is 15.3. The van der Waals surface area contributed by atoms with Gasteiger partial charge in [-0.1, -0.05) is 0 Å². The quantitative estimate of drug-likeness (QED) is 0.561. The highest BCUT2D eigenvalue weighted by atomic mass is 16.5. The first-order chi connectivity index (χ1) is 10.2. The Balaban J connectivity index is 0.000000159. The lowest BCUT2D eigenvalue weighted by Crippen LogP contribution is -2.41. The van der Waals surface area contributed by atoms with Gasteiger partial charge in [-0.05, 0) is 20.9 Å². The van der Waals surface area contributed by atoms with Crippen molar-refractivity contribution >= 4 is 0 Å². The van der Waals surface area contributed by atoms with Gasteiger partial charge in [-0.25, -0.2) is 0 Å². The molecule has 3 heterocycles. The van der Waals surface area contributed by atoms with Crippen LogP contribution in [-0.2, 0) is 9.47 Å². The van der Waals surface area contributed by atoms with Gasteiger partial charge in [-0.3, -0.25) is 0 Å². The molecule has 0 saturated carbocycles. The SMILES string of the molecule is C1COCCN1.CC1CNCC(C)O1.CN1CCNCC1. The van der Waals surface area contributed by atoms with E-state index < -0.39 is 0 Å². The van der Waals surface area contributed by atoms with Crippen LogP contribution in [0.15, 0.2) is 0 Å². The van der Waals surface area contributed by atoms with Crippen LogP contribution in [0.4, 0.5) is 0 Å². The molecule has 0 aliphatic carbocycles. The van der Waals surface area contributed by atoms with Crippen molar-refractivity contribution < 1.29 is 9.47 Å². The third kappa shape index (κ3) is 11.0. The standard InChI is InChI=1S/C6H13NO.C5H12N2.C4H9NO/c1-5-3-7-4-6(2)8-5;1-7-4-2-6-3-5-7;1-3-6-4-2-5-1/h5-7H,3-4H2,1-2H3;6H,2-5H2,1H3;5H,1-4H2. The molecule has 0 aromatic carbocycles. The Bertz CT molecular complexity index is 214. The van der Waals surface area contributed by atoms with Crippen LogP contribution < -0.4 is 16.0 Å². The molecule has 2 unspecified atom stereocenters. The molecule has 6 heteroatoms. The predicted octanol–water partition coefficient (Wildman–Crippen LogP) is -0.489. The van der Waals surface area contributed by atoms with Crippen molar-refractivity contribution in [1.29, 1.82) is 0 Å². The molecule has 3 aliphatic rings. The summed E-state index contributed by atoms with van der Waals surface area (Å²) in [6.07, 6.45) is 0.803. The Morgan fingerprint density at radius 1 is 0.810 bits per heavy atom. The number of ether oxygens (including phenoxy) is 2. The second kappa shape index (κ2) is 12.3. The minimum absolute atomic E-state index is 0.402. The van der Waals surface area contributed by atoms with E-state index >= 15 is 0 Å². The lowest BCUT2D eigenvalue weighted by Gasteiger charge is -2.25. The minimum Gasteiger partial charge on any atom is -0.379 e. The lowest BCUT2D eigenvalue weighted by molar-refractivity contribution is -0.0166. The molecule has 126 valence electrons. The number of hydrogen-bond acceptors (Lipinski definition) is 6. The average Bonchev–Trinajstić information content (AvgIpc) is 2.51. The first-order valence-corrected chi connectivity index (χ1v) is 8.22. The topological polar surface area (TPSA) is 57.8 Å². The van der Waals surface area contributed by atoms with E-state index in [1.165, 1.54) is 13.1 Å². The summed E-state index contributed by atoms with van der Waals surface area (Å²) in [6, 6.07) is 0. The van der Waals surface area contributed by atoms with Crippen LogP contribution in [0, 0.1) is 0 Å². The van der Waals surface area contributed by atoms with Gasteiger partial charge in [0.25, 0.3) is 0 Å². The van der Waals surface area contributed by atoms with E-state index in [1.807, 2.05) is 0 Å². The monoisotopic (exact) mass is 302 g/mol. The van der Waals surface area contributed by atoms with Gasteiger partial charge < -0.3 is 30.3 Å². The molecule has 3 rings (SSSR count). The molecule has 6 nitrogen and oxygen atoms in total. The smallest absolute Gasteiger partial charge is 0.0675 e. The molecule has 3 N–H and O–H groups in total. The summed E-state index contributed by atoms with van der Waals surface area (Å²) < 4.78 is 10.4. The zero-order valence-electron chi connectivity index (χ0n) is 14.0. The molecule has 0 radical (unpaired) electrons. The summed E-state index contributed by atoms with van der Waals surface area (Å²) in [4.78, 5) is 2.33. The molecule has 21 heavy (non-hydrogen) atoms. The minimum atomic E-state index is 0.402. The van der Waals surface area contributed by atoms with Crippen molar-refractivity contribution in [2.75, 3.05) is 72.6 Å². The van der Waals surface area contributed by atoms with Crippen molar-refractivity contribution in [3.05, 3.63) is 0 Å². The molecule has 0 bridgehead atoms. The fourth-order valence-corrected chi connectivity index (χ4v) is 2.28. The van der Waals surface area contributed by atoms with E-state index in [4.69, 9.17) is 9.47 Å². The van der Waals surface area contributed by atoms with Gasteiger partial charge in [0.1, 0.15) is 0 Å². The summed E-state index contributed by atoms with van der Waals surface area (Å²) in [6.45, 7) is 14.8. The van der Waals surface area contributed by atoms with Crippen molar-refractivity contribution in [3.8, 4) is 0 Å². The van der Waals surface area contributed by atoms with Crippen molar-refractivity contribution in [2.45, 2.75) is 26.1 Å². The second-order valence-electron chi connectivity index (χ2n) is 5.83. The van der Waals surface area contributed by atoms with Crippen LogP contribution in [-0.4, -0.2) is 89.7 Å². The summed E-state index contributed by atoms with van der Waals surface area (Å²) in [5, 5.41) is 9.69. The molecule has 0 amide bonds. The number of morpholine rings is 2. The highest BCUT2D eigenvalue weighted by Gasteiger charge is 2.12. The lowest BCUT2D eigenvalue weighted by atomic mass is 10.3. The number of rotatable bonds is 0. The molecule has 3 saturated heterocycles. The van der Waals surface area contributed by atoms with E-state index in [2.05, 4.69) is 41.7 Å². The van der Waals surface area contributed by atoms with Crippen LogP contribution in [0.2, 0.25) is 0 Å². The van der Waals surface area contributed by atoms with Crippen LogP contribution >= 0.6 is 0 Å². The van der Waals surface area contributed by atoms with Gasteiger partial charge in [-0.15, -0.1) is 0 Å². The van der Waals surface area contributed by atoms with Crippen molar-refractivity contribution in [2.24, 2.45) is 0 Å². The Hall–Kier alpha value is -0.240. The molecule has 3 fully saturated rings. The highest BCUT2D eigenvalue weighted by molar-refractivity contribution is 4.67. The predicted molar refractivity (Wildman–Crippen MR) is 86.9 cm³/mol. The molecule has 3 aliphatic heterocycles. The second-order valence-corrected chi connectivity index (χ2v) is 5.83. The summed E-state index contributed by atoms with van der Waals surface area (Å²) in [5.41, 5.74) is 0. The molecular formula is C15H34N4O2. The van der Waals surface area contributed by atoms with E-state index in [1.54, 1.807) is 0 Å². The Labute approximate surface area is 129 Å². The van der Waals surface area contributed by atoms with Crippen LogP contribution in [0.5, 0.6) is 0 Å². The highest BCUT2D eigenvalue weighted by Crippen LogP contribution is 2.00. The van der Waals surface area contributed by atoms with Crippen molar-refractivity contribution in [1.82, 2.24) is 20.9 Å². The maximum Gasteiger partial charge on any atom is 0.0675 e. The number of likely N-dealkylation sites (N-methyl/N-ethyl adjacent to an activating group) is 1. The number of nitrogens with one attached hydrogen (secondary N) is 3. The third-order valence-corrected chi connectivity index (χ3v) is 3.52. The number of nitrogens with zero attached hydrogens (tertiary/aromatic N) is 1. The molecule has 0 spiro atoms. The van der Waals surface area contributed by atoms with Gasteiger partial charge in [0.15, 0.2) is 0 Å². The van der Waals surface area contributed by atoms with Gasteiger partial charge in [-0.2, -0.15) is 0 Å². The zero-order valence-corrected chi connectivity index (χ0v) is 14.0. The third-order valence-electron chi connectivity index (χ3n) is 3.52. The Kier molecular flexibility index (Phi) is 11.0. The van der Waals surface area contributed by atoms with Gasteiger partial charge in [0.05, 0.1) is 25.4 Å². The first-order valence-electron chi connectivity index (χ1n) is 8.22. The fourth-order valence-electron chi connectivity index (χ4n) is 2.28. The molecule has 2 atom stereocenters. The molecule has 0 aromatic rings. The fraction of sp³-hybridized carbons (Fsp3) is 1.00. The van der Waals surface area contributed by atoms with Gasteiger partial charge in [0.2, 0.25) is 0 Å². The van der Waals surface area contributed by atoms with Crippen LogP contribution in [0.1, 0.15) is 13.8 Å². The van der Waals surface area contributed by atoms with Gasteiger partial charge in [0, 0.05) is 52.4 Å². The molecule has 0 aromatic heterocycles. The maximum absolute atomic E-state index is 5.42. The maximum atomic E-state index is 5.42. The van der Waals surface area contributed by atoms with Crippen molar-refractivity contribution in [3.63, 3.8) is 0 Å². The van der Waals surface area contributed by atoms with E-state index in [0.29, 0.717) is 12.2 Å². The molecular weight excluding hydrogens is 268 g/mol. The van der Waals surface area contributed by atoms with E-state index in [0.717, 1.165) is 52.5 Å². The summed E-state index contributed by atoms with van der Waals surface area (Å²) in [7, 11) is 2.15. The Morgan fingerprint density at radius 2 is 1.33 bits per heavy atom. The number of hydrogen-bond donors (Lipinski definition) is 3. The largest absolute Gasteiger partial charge is 0.379 e. The first kappa shape index (κ1) is 18.8. The van der Waals surface area contributed by atoms with Crippen LogP contribution in [0.25, 0.3) is 0 Å².